The Hall–Kier alpha value is -3.16. The molecule has 0 spiro atoms. The molecule has 0 atom stereocenters. The highest BCUT2D eigenvalue weighted by Crippen LogP contribution is 2.21. The maximum absolute atomic E-state index is 12.4. The standard InChI is InChI=1S/C20H17Cl2N5O2/c1-24-20(29)17-18(23)25-10-16(27-17)11-2-4-12(5-3-11)19(28)26-9-13-6-7-14(21)8-15(13)22/h2-8,10H,9H2,1H3,(H2,23,25)(H,24,29)(H,26,28). The molecule has 0 aliphatic heterocycles. The average molecular weight is 430 g/mol. The monoisotopic (exact) mass is 429 g/mol. The molecule has 0 bridgehead atoms. The number of hydrogen-bond donors (Lipinski definition) is 3. The molecule has 9 heteroatoms. The summed E-state index contributed by atoms with van der Waals surface area (Å²) >= 11 is 12.0. The summed E-state index contributed by atoms with van der Waals surface area (Å²) in [5.41, 5.74) is 8.15. The van der Waals surface area contributed by atoms with Crippen LogP contribution < -0.4 is 16.4 Å². The highest BCUT2D eigenvalue weighted by molar-refractivity contribution is 6.35. The summed E-state index contributed by atoms with van der Waals surface area (Å²) in [5.74, 6) is -0.629. The molecule has 0 unspecified atom stereocenters. The number of hydrogen-bond acceptors (Lipinski definition) is 5. The van der Waals surface area contributed by atoms with Gasteiger partial charge in [0.2, 0.25) is 0 Å². The zero-order chi connectivity index (χ0) is 21.0. The van der Waals surface area contributed by atoms with Gasteiger partial charge in [0.25, 0.3) is 11.8 Å². The highest BCUT2D eigenvalue weighted by Gasteiger charge is 2.14. The number of benzene rings is 2. The summed E-state index contributed by atoms with van der Waals surface area (Å²) < 4.78 is 0. The van der Waals surface area contributed by atoms with Crippen molar-refractivity contribution in [3.8, 4) is 11.3 Å². The first-order valence-corrected chi connectivity index (χ1v) is 9.32. The van der Waals surface area contributed by atoms with Gasteiger partial charge >= 0.3 is 0 Å². The Labute approximate surface area is 177 Å². The fourth-order valence-corrected chi connectivity index (χ4v) is 3.03. The maximum atomic E-state index is 12.4. The molecule has 1 heterocycles. The van der Waals surface area contributed by atoms with Gasteiger partial charge in [-0.15, -0.1) is 0 Å². The number of rotatable bonds is 5. The van der Waals surface area contributed by atoms with Crippen LogP contribution in [0.15, 0.2) is 48.7 Å². The van der Waals surface area contributed by atoms with Gasteiger partial charge < -0.3 is 16.4 Å². The van der Waals surface area contributed by atoms with E-state index in [0.29, 0.717) is 26.9 Å². The smallest absolute Gasteiger partial charge is 0.273 e. The third-order valence-corrected chi connectivity index (χ3v) is 4.73. The number of nitrogen functional groups attached to an aromatic ring is 1. The van der Waals surface area contributed by atoms with Crippen LogP contribution in [0.5, 0.6) is 0 Å². The van der Waals surface area contributed by atoms with E-state index >= 15 is 0 Å². The lowest BCUT2D eigenvalue weighted by Gasteiger charge is -2.09. The van der Waals surface area contributed by atoms with E-state index in [0.717, 1.165) is 5.56 Å². The Balaban J connectivity index is 1.73. The molecule has 148 valence electrons. The van der Waals surface area contributed by atoms with Crippen LogP contribution in [0.4, 0.5) is 5.82 Å². The third-order valence-electron chi connectivity index (χ3n) is 4.14. The number of nitrogens with one attached hydrogen (secondary N) is 2. The Kier molecular flexibility index (Phi) is 6.31. The van der Waals surface area contributed by atoms with Gasteiger partial charge in [-0.25, -0.2) is 9.97 Å². The number of nitrogens with two attached hydrogens (primary N) is 1. The Morgan fingerprint density at radius 3 is 2.45 bits per heavy atom. The predicted molar refractivity (Wildman–Crippen MR) is 113 cm³/mol. The fourth-order valence-electron chi connectivity index (χ4n) is 2.56. The molecule has 0 aliphatic carbocycles. The number of anilines is 1. The van der Waals surface area contributed by atoms with E-state index in [2.05, 4.69) is 20.6 Å². The van der Waals surface area contributed by atoms with Crippen LogP contribution in [0, 0.1) is 0 Å². The Morgan fingerprint density at radius 1 is 1.07 bits per heavy atom. The molecule has 3 rings (SSSR count). The van der Waals surface area contributed by atoms with Gasteiger partial charge in [0, 0.05) is 34.8 Å². The summed E-state index contributed by atoms with van der Waals surface area (Å²) in [6.07, 6.45) is 1.47. The van der Waals surface area contributed by atoms with E-state index in [-0.39, 0.29) is 24.0 Å². The molecule has 1 aromatic heterocycles. The van der Waals surface area contributed by atoms with Crippen molar-refractivity contribution in [2.45, 2.75) is 6.54 Å². The van der Waals surface area contributed by atoms with Gasteiger partial charge in [0.1, 0.15) is 0 Å². The number of aromatic nitrogens is 2. The molecular formula is C20H17Cl2N5O2. The van der Waals surface area contributed by atoms with Crippen molar-refractivity contribution in [1.82, 2.24) is 20.6 Å². The topological polar surface area (TPSA) is 110 Å². The van der Waals surface area contributed by atoms with Crippen LogP contribution >= 0.6 is 23.2 Å². The zero-order valence-corrected chi connectivity index (χ0v) is 16.9. The molecule has 0 radical (unpaired) electrons. The predicted octanol–water partition coefficient (Wildman–Crippen LogP) is 3.32. The molecule has 29 heavy (non-hydrogen) atoms. The van der Waals surface area contributed by atoms with Crippen LogP contribution in [0.1, 0.15) is 26.4 Å². The van der Waals surface area contributed by atoms with Gasteiger partial charge in [-0.2, -0.15) is 0 Å². The second kappa shape index (κ2) is 8.89. The van der Waals surface area contributed by atoms with Crippen LogP contribution in [-0.4, -0.2) is 28.8 Å². The summed E-state index contributed by atoms with van der Waals surface area (Å²) in [6.45, 7) is 0.273. The largest absolute Gasteiger partial charge is 0.382 e. The number of carbonyl (C=O) groups excluding carboxylic acids is 2. The summed E-state index contributed by atoms with van der Waals surface area (Å²) in [4.78, 5) is 32.5. The Bertz CT molecular complexity index is 1070. The minimum atomic E-state index is -0.422. The van der Waals surface area contributed by atoms with E-state index in [9.17, 15) is 9.59 Å². The molecule has 0 fully saturated rings. The highest BCUT2D eigenvalue weighted by atomic mass is 35.5. The molecular weight excluding hydrogens is 413 g/mol. The number of carbonyl (C=O) groups is 2. The lowest BCUT2D eigenvalue weighted by molar-refractivity contribution is 0.0946. The summed E-state index contributed by atoms with van der Waals surface area (Å²) in [7, 11) is 1.49. The van der Waals surface area contributed by atoms with Crippen molar-refractivity contribution in [2.24, 2.45) is 0 Å². The van der Waals surface area contributed by atoms with Gasteiger partial charge in [0.05, 0.1) is 11.9 Å². The SMILES string of the molecule is CNC(=O)c1nc(-c2ccc(C(=O)NCc3ccc(Cl)cc3Cl)cc2)cnc1N. The van der Waals surface area contributed by atoms with Crippen LogP contribution in [-0.2, 0) is 6.54 Å². The first kappa shape index (κ1) is 20.6. The lowest BCUT2D eigenvalue weighted by Crippen LogP contribution is -2.23. The molecule has 2 amide bonds. The zero-order valence-electron chi connectivity index (χ0n) is 15.4. The second-order valence-electron chi connectivity index (χ2n) is 6.06. The number of amides is 2. The molecule has 7 nitrogen and oxygen atoms in total. The maximum Gasteiger partial charge on any atom is 0.273 e. The van der Waals surface area contributed by atoms with E-state index < -0.39 is 5.91 Å². The minimum Gasteiger partial charge on any atom is -0.382 e. The van der Waals surface area contributed by atoms with Gasteiger partial charge in [-0.3, -0.25) is 9.59 Å². The van der Waals surface area contributed by atoms with Crippen molar-refractivity contribution < 1.29 is 9.59 Å². The van der Waals surface area contributed by atoms with E-state index in [1.165, 1.54) is 13.2 Å². The van der Waals surface area contributed by atoms with Crippen LogP contribution in [0.2, 0.25) is 10.0 Å². The quantitative estimate of drug-likeness (QED) is 0.575. The molecule has 0 aliphatic rings. The summed E-state index contributed by atoms with van der Waals surface area (Å²) in [5, 5.41) is 6.30. The first-order valence-electron chi connectivity index (χ1n) is 8.56. The van der Waals surface area contributed by atoms with Crippen molar-refractivity contribution in [2.75, 3.05) is 12.8 Å². The van der Waals surface area contributed by atoms with Crippen molar-refractivity contribution in [1.29, 1.82) is 0 Å². The van der Waals surface area contributed by atoms with E-state index in [1.54, 1.807) is 42.5 Å². The molecule has 3 aromatic rings. The van der Waals surface area contributed by atoms with Crippen LogP contribution in [0.3, 0.4) is 0 Å². The second-order valence-corrected chi connectivity index (χ2v) is 6.91. The van der Waals surface area contributed by atoms with Crippen molar-refractivity contribution in [3.05, 3.63) is 75.5 Å². The van der Waals surface area contributed by atoms with Crippen LogP contribution in [0.25, 0.3) is 11.3 Å². The van der Waals surface area contributed by atoms with Gasteiger partial charge in [-0.1, -0.05) is 41.4 Å². The lowest BCUT2D eigenvalue weighted by atomic mass is 10.1. The fraction of sp³-hybridized carbons (Fsp3) is 0.100. The average Bonchev–Trinajstić information content (AvgIpc) is 2.73. The van der Waals surface area contributed by atoms with Crippen molar-refractivity contribution in [3.63, 3.8) is 0 Å². The number of halogens is 2. The molecule has 2 aromatic carbocycles. The molecule has 4 N–H and O–H groups in total. The van der Waals surface area contributed by atoms with Gasteiger partial charge in [-0.05, 0) is 29.8 Å². The third kappa shape index (κ3) is 4.82. The summed E-state index contributed by atoms with van der Waals surface area (Å²) in [6, 6.07) is 11.9. The normalized spacial score (nSPS) is 10.4. The van der Waals surface area contributed by atoms with E-state index in [1.807, 2.05) is 0 Å². The van der Waals surface area contributed by atoms with Gasteiger partial charge in [0.15, 0.2) is 11.5 Å². The minimum absolute atomic E-state index is 0.0463. The van der Waals surface area contributed by atoms with Crippen molar-refractivity contribution >= 4 is 40.8 Å². The van der Waals surface area contributed by atoms with E-state index in [4.69, 9.17) is 28.9 Å². The molecule has 0 saturated heterocycles. The Morgan fingerprint density at radius 2 is 1.79 bits per heavy atom. The molecule has 0 saturated carbocycles. The first-order chi connectivity index (χ1) is 13.9. The number of nitrogens with zero attached hydrogens (tertiary/aromatic N) is 2.